The molecule has 0 aromatic carbocycles. The summed E-state index contributed by atoms with van der Waals surface area (Å²) in [5.41, 5.74) is 0.446. The van der Waals surface area contributed by atoms with Gasteiger partial charge in [-0.1, -0.05) is 0 Å². The summed E-state index contributed by atoms with van der Waals surface area (Å²) in [7, 11) is 0. The third kappa shape index (κ3) is 1.97. The SMILES string of the molecule is [O-][S@+]1CCc2nc(Cl)nc(NC3(CO)CCC3)c21. The Hall–Kier alpha value is -0.560. The van der Waals surface area contributed by atoms with Crippen molar-refractivity contribution in [3.8, 4) is 0 Å². The largest absolute Gasteiger partial charge is 0.611 e. The highest BCUT2D eigenvalue weighted by molar-refractivity contribution is 7.91. The van der Waals surface area contributed by atoms with Crippen LogP contribution >= 0.6 is 11.6 Å². The van der Waals surface area contributed by atoms with E-state index >= 15 is 0 Å². The zero-order valence-corrected chi connectivity index (χ0v) is 11.4. The average molecular weight is 288 g/mol. The van der Waals surface area contributed by atoms with Gasteiger partial charge < -0.3 is 15.0 Å². The monoisotopic (exact) mass is 287 g/mol. The normalized spacial score (nSPS) is 24.5. The van der Waals surface area contributed by atoms with Gasteiger partial charge in [0.05, 0.1) is 12.1 Å². The number of hydrogen-bond donors (Lipinski definition) is 2. The maximum absolute atomic E-state index is 12.0. The number of anilines is 1. The van der Waals surface area contributed by atoms with Crippen LogP contribution in [-0.4, -0.2) is 37.5 Å². The van der Waals surface area contributed by atoms with E-state index in [0.29, 0.717) is 22.9 Å². The fraction of sp³-hybridized carbons (Fsp3) is 0.636. The van der Waals surface area contributed by atoms with Gasteiger partial charge in [-0.05, 0) is 42.0 Å². The highest BCUT2D eigenvalue weighted by Crippen LogP contribution is 2.38. The van der Waals surface area contributed by atoms with Crippen molar-refractivity contribution in [1.29, 1.82) is 0 Å². The zero-order valence-electron chi connectivity index (χ0n) is 9.78. The summed E-state index contributed by atoms with van der Waals surface area (Å²) in [5.74, 6) is 1.11. The van der Waals surface area contributed by atoms with Crippen LogP contribution in [0, 0.1) is 0 Å². The van der Waals surface area contributed by atoms with E-state index in [0.717, 1.165) is 25.0 Å². The van der Waals surface area contributed by atoms with E-state index < -0.39 is 11.2 Å². The summed E-state index contributed by atoms with van der Waals surface area (Å²) in [6.45, 7) is 0.0516. The van der Waals surface area contributed by atoms with Gasteiger partial charge in [0, 0.05) is 6.42 Å². The molecule has 7 heteroatoms. The first-order chi connectivity index (χ1) is 8.63. The first kappa shape index (κ1) is 12.5. The molecule has 0 radical (unpaired) electrons. The number of hydrogen-bond acceptors (Lipinski definition) is 5. The highest BCUT2D eigenvalue weighted by atomic mass is 35.5. The third-order valence-corrected chi connectivity index (χ3v) is 5.29. The van der Waals surface area contributed by atoms with E-state index in [4.69, 9.17) is 11.6 Å². The number of aryl methyl sites for hydroxylation is 1. The predicted molar refractivity (Wildman–Crippen MR) is 69.3 cm³/mol. The lowest BCUT2D eigenvalue weighted by Gasteiger charge is -2.41. The maximum atomic E-state index is 12.0. The van der Waals surface area contributed by atoms with Crippen LogP contribution in [0.15, 0.2) is 4.90 Å². The van der Waals surface area contributed by atoms with Gasteiger partial charge in [-0.15, -0.1) is 0 Å². The van der Waals surface area contributed by atoms with Crippen molar-refractivity contribution in [2.45, 2.75) is 36.1 Å². The fourth-order valence-corrected chi connectivity index (χ4v) is 3.92. The number of nitrogens with zero attached hydrogens (tertiary/aromatic N) is 2. The smallest absolute Gasteiger partial charge is 0.224 e. The number of fused-ring (bicyclic) bond motifs is 1. The van der Waals surface area contributed by atoms with Crippen molar-refractivity contribution in [1.82, 2.24) is 9.97 Å². The second-order valence-corrected chi connectivity index (χ2v) is 6.68. The van der Waals surface area contributed by atoms with Gasteiger partial charge in [0.2, 0.25) is 10.2 Å². The molecular weight excluding hydrogens is 274 g/mol. The topological polar surface area (TPSA) is 81.1 Å². The molecule has 0 unspecified atom stereocenters. The number of halogens is 1. The molecule has 1 saturated carbocycles. The van der Waals surface area contributed by atoms with Crippen LogP contribution in [0.1, 0.15) is 25.0 Å². The molecule has 1 fully saturated rings. The molecule has 1 aliphatic carbocycles. The van der Waals surface area contributed by atoms with Crippen LogP contribution in [0.25, 0.3) is 0 Å². The molecule has 0 amide bonds. The summed E-state index contributed by atoms with van der Waals surface area (Å²) in [6, 6.07) is 0. The lowest BCUT2D eigenvalue weighted by molar-refractivity contribution is 0.143. The first-order valence-electron chi connectivity index (χ1n) is 5.97. The fourth-order valence-electron chi connectivity index (χ4n) is 2.43. The van der Waals surface area contributed by atoms with Crippen LogP contribution in [-0.2, 0) is 17.6 Å². The zero-order chi connectivity index (χ0) is 12.8. The standard InChI is InChI=1S/C11H14ClN3O2S/c12-10-13-7-2-5-18(17)8(7)9(14-10)15-11(6-16)3-1-4-11/h16H,1-6H2,(H,13,14,15)/t18-/m1/s1. The summed E-state index contributed by atoms with van der Waals surface area (Å²) < 4.78 is 12.0. The lowest BCUT2D eigenvalue weighted by atomic mass is 9.77. The van der Waals surface area contributed by atoms with E-state index in [-0.39, 0.29) is 17.4 Å². The van der Waals surface area contributed by atoms with Gasteiger partial charge in [-0.2, -0.15) is 4.98 Å². The minimum Gasteiger partial charge on any atom is -0.611 e. The molecule has 5 nitrogen and oxygen atoms in total. The van der Waals surface area contributed by atoms with Crippen LogP contribution in [0.4, 0.5) is 5.82 Å². The molecule has 1 atom stereocenters. The molecule has 2 heterocycles. The number of aromatic nitrogens is 2. The molecule has 18 heavy (non-hydrogen) atoms. The van der Waals surface area contributed by atoms with Crippen molar-refractivity contribution >= 4 is 28.6 Å². The molecule has 2 N–H and O–H groups in total. The van der Waals surface area contributed by atoms with E-state index in [9.17, 15) is 9.66 Å². The van der Waals surface area contributed by atoms with Crippen LogP contribution in [0.5, 0.6) is 0 Å². The number of rotatable bonds is 3. The maximum Gasteiger partial charge on any atom is 0.224 e. The third-order valence-electron chi connectivity index (χ3n) is 3.66. The molecule has 2 aliphatic rings. The second kappa shape index (κ2) is 4.52. The van der Waals surface area contributed by atoms with Crippen molar-refractivity contribution in [2.24, 2.45) is 0 Å². The molecule has 1 aromatic rings. The number of nitrogens with one attached hydrogen (secondary N) is 1. The van der Waals surface area contributed by atoms with Crippen molar-refractivity contribution in [2.75, 3.05) is 17.7 Å². The molecule has 1 aliphatic heterocycles. The highest BCUT2D eigenvalue weighted by Gasteiger charge is 2.40. The van der Waals surface area contributed by atoms with Crippen LogP contribution in [0.2, 0.25) is 5.28 Å². The summed E-state index contributed by atoms with van der Waals surface area (Å²) in [6.07, 6.45) is 3.54. The quantitative estimate of drug-likeness (QED) is 0.643. The van der Waals surface area contributed by atoms with Crippen molar-refractivity contribution < 1.29 is 9.66 Å². The Labute approximate surface area is 113 Å². The van der Waals surface area contributed by atoms with E-state index in [1.54, 1.807) is 0 Å². The van der Waals surface area contributed by atoms with Gasteiger partial charge in [0.25, 0.3) is 0 Å². The minimum absolute atomic E-state index is 0.0516. The molecule has 3 rings (SSSR count). The van der Waals surface area contributed by atoms with Gasteiger partial charge in [-0.3, -0.25) is 0 Å². The Morgan fingerprint density at radius 2 is 2.22 bits per heavy atom. The number of aliphatic hydroxyl groups is 1. The van der Waals surface area contributed by atoms with E-state index in [1.807, 2.05) is 0 Å². The minimum atomic E-state index is -1.06. The summed E-state index contributed by atoms with van der Waals surface area (Å²) in [5, 5.41) is 12.9. The van der Waals surface area contributed by atoms with E-state index in [1.165, 1.54) is 0 Å². The molecule has 0 saturated heterocycles. The van der Waals surface area contributed by atoms with E-state index in [2.05, 4.69) is 15.3 Å². The van der Waals surface area contributed by atoms with Gasteiger partial charge in [-0.25, -0.2) is 4.98 Å². The molecular formula is C11H14ClN3O2S. The summed E-state index contributed by atoms with van der Waals surface area (Å²) >= 11 is 4.83. The van der Waals surface area contributed by atoms with Crippen molar-refractivity contribution in [3.05, 3.63) is 11.0 Å². The average Bonchev–Trinajstić information content (AvgIpc) is 2.65. The number of aliphatic hydroxyl groups excluding tert-OH is 1. The first-order valence-corrected chi connectivity index (χ1v) is 7.67. The Balaban J connectivity index is 1.96. The van der Waals surface area contributed by atoms with Crippen molar-refractivity contribution in [3.63, 3.8) is 0 Å². The van der Waals surface area contributed by atoms with Crippen LogP contribution in [0.3, 0.4) is 0 Å². The lowest BCUT2D eigenvalue weighted by Crippen LogP contribution is -2.48. The second-order valence-electron chi connectivity index (χ2n) is 4.83. The van der Waals surface area contributed by atoms with Gasteiger partial charge >= 0.3 is 0 Å². The predicted octanol–water partition coefficient (Wildman–Crippen LogP) is 1.12. The Morgan fingerprint density at radius 1 is 1.44 bits per heavy atom. The molecule has 1 aromatic heterocycles. The van der Waals surface area contributed by atoms with Gasteiger partial charge in [0.15, 0.2) is 5.82 Å². The molecule has 98 valence electrons. The summed E-state index contributed by atoms with van der Waals surface area (Å²) in [4.78, 5) is 8.94. The molecule has 0 bridgehead atoms. The molecule has 0 spiro atoms. The Morgan fingerprint density at radius 3 is 2.83 bits per heavy atom. The van der Waals surface area contributed by atoms with Gasteiger partial charge in [0.1, 0.15) is 11.4 Å². The Kier molecular flexibility index (Phi) is 3.13. The van der Waals surface area contributed by atoms with Crippen LogP contribution < -0.4 is 5.32 Å². The Bertz CT molecular complexity index is 476.